The van der Waals surface area contributed by atoms with Gasteiger partial charge in [-0.1, -0.05) is 30.3 Å². The molecule has 0 fully saturated rings. The Bertz CT molecular complexity index is 1380. The van der Waals surface area contributed by atoms with Crippen molar-refractivity contribution in [2.24, 2.45) is 0 Å². The molecule has 0 bridgehead atoms. The van der Waals surface area contributed by atoms with E-state index in [0.29, 0.717) is 30.3 Å². The highest BCUT2D eigenvalue weighted by atomic mass is 16.5. The predicted octanol–water partition coefficient (Wildman–Crippen LogP) is 2.79. The average molecular weight is 432 g/mol. The minimum Gasteiger partial charge on any atom is -0.495 e. The molecule has 0 atom stereocenters. The van der Waals surface area contributed by atoms with Gasteiger partial charge in [-0.05, 0) is 12.1 Å². The van der Waals surface area contributed by atoms with Crippen LogP contribution in [0.25, 0.3) is 33.0 Å². The quantitative estimate of drug-likeness (QED) is 0.346. The highest BCUT2D eigenvalue weighted by Gasteiger charge is 2.13. The standard InChI is InChI=1S/C23H25N7O2/c1-31-19-8-4-6-17-16-5-2-3-7-18(16)30(21(17)19)11-9-25-10-12-32-15-29-14-28-20-22(24)26-13-27-23(20)29/h2-8,13-14,25H,9-12,15H2,1H3,(H2,24,26,27). The monoisotopic (exact) mass is 431 g/mol. The molecule has 0 aliphatic heterocycles. The maximum absolute atomic E-state index is 5.82. The lowest BCUT2D eigenvalue weighted by Crippen LogP contribution is -2.24. The van der Waals surface area contributed by atoms with Crippen LogP contribution in [0.1, 0.15) is 0 Å². The largest absolute Gasteiger partial charge is 0.495 e. The molecule has 0 radical (unpaired) electrons. The van der Waals surface area contributed by atoms with E-state index in [0.717, 1.165) is 30.9 Å². The summed E-state index contributed by atoms with van der Waals surface area (Å²) in [4.78, 5) is 12.4. The predicted molar refractivity (Wildman–Crippen MR) is 125 cm³/mol. The number of nitrogen functional groups attached to an aromatic ring is 1. The van der Waals surface area contributed by atoms with Crippen molar-refractivity contribution in [2.45, 2.75) is 13.3 Å². The summed E-state index contributed by atoms with van der Waals surface area (Å²) in [6, 6.07) is 14.7. The SMILES string of the molecule is COc1cccc2c3ccccc3n(CCNCCOCn3cnc4c(N)ncnc43)c12. The summed E-state index contributed by atoms with van der Waals surface area (Å²) in [6.07, 6.45) is 3.10. The third-order valence-electron chi connectivity index (χ3n) is 5.57. The minimum atomic E-state index is 0.360. The zero-order valence-corrected chi connectivity index (χ0v) is 17.9. The van der Waals surface area contributed by atoms with Crippen molar-refractivity contribution in [3.63, 3.8) is 0 Å². The maximum Gasteiger partial charge on any atom is 0.167 e. The molecule has 0 spiro atoms. The molecule has 32 heavy (non-hydrogen) atoms. The molecule has 0 amide bonds. The molecule has 164 valence electrons. The van der Waals surface area contributed by atoms with Crippen LogP contribution in [0.15, 0.2) is 55.1 Å². The van der Waals surface area contributed by atoms with Crippen LogP contribution >= 0.6 is 0 Å². The van der Waals surface area contributed by atoms with Gasteiger partial charge >= 0.3 is 0 Å². The Balaban J connectivity index is 1.18. The lowest BCUT2D eigenvalue weighted by molar-refractivity contribution is 0.0811. The lowest BCUT2D eigenvalue weighted by Gasteiger charge is -2.11. The third kappa shape index (κ3) is 3.61. The van der Waals surface area contributed by atoms with Crippen LogP contribution in [0.2, 0.25) is 0 Å². The van der Waals surface area contributed by atoms with Crippen LogP contribution in [-0.4, -0.2) is 50.9 Å². The van der Waals surface area contributed by atoms with Crippen molar-refractivity contribution in [1.82, 2.24) is 29.4 Å². The Morgan fingerprint density at radius 2 is 1.88 bits per heavy atom. The molecule has 0 saturated heterocycles. The van der Waals surface area contributed by atoms with E-state index in [1.54, 1.807) is 13.4 Å². The normalized spacial score (nSPS) is 11.7. The van der Waals surface area contributed by atoms with Gasteiger partial charge in [-0.3, -0.25) is 4.57 Å². The topological polar surface area (TPSA) is 105 Å². The number of anilines is 1. The van der Waals surface area contributed by atoms with Crippen molar-refractivity contribution >= 4 is 38.8 Å². The van der Waals surface area contributed by atoms with Gasteiger partial charge in [-0.25, -0.2) is 15.0 Å². The van der Waals surface area contributed by atoms with Crippen LogP contribution in [-0.2, 0) is 18.0 Å². The molecule has 0 saturated carbocycles. The van der Waals surface area contributed by atoms with E-state index >= 15 is 0 Å². The van der Waals surface area contributed by atoms with Crippen molar-refractivity contribution < 1.29 is 9.47 Å². The summed E-state index contributed by atoms with van der Waals surface area (Å²) in [5.74, 6) is 1.26. The zero-order valence-electron chi connectivity index (χ0n) is 17.9. The minimum absolute atomic E-state index is 0.360. The first-order valence-corrected chi connectivity index (χ1v) is 10.5. The summed E-state index contributed by atoms with van der Waals surface area (Å²) in [6.45, 7) is 3.30. The first-order chi connectivity index (χ1) is 15.8. The van der Waals surface area contributed by atoms with Gasteiger partial charge in [0, 0.05) is 35.9 Å². The summed E-state index contributed by atoms with van der Waals surface area (Å²) in [5, 5.41) is 5.91. The molecule has 0 aliphatic carbocycles. The highest BCUT2D eigenvalue weighted by molar-refractivity contribution is 6.10. The van der Waals surface area contributed by atoms with Gasteiger partial charge in [-0.15, -0.1) is 0 Å². The molecule has 0 unspecified atom stereocenters. The molecule has 0 aliphatic rings. The van der Waals surface area contributed by atoms with Crippen molar-refractivity contribution in [3.8, 4) is 5.75 Å². The van der Waals surface area contributed by atoms with E-state index in [1.807, 2.05) is 16.7 Å². The van der Waals surface area contributed by atoms with Crippen LogP contribution in [0.3, 0.4) is 0 Å². The lowest BCUT2D eigenvalue weighted by atomic mass is 10.1. The zero-order chi connectivity index (χ0) is 21.9. The number of nitrogens with one attached hydrogen (secondary N) is 1. The number of aromatic nitrogens is 5. The first-order valence-electron chi connectivity index (χ1n) is 10.5. The Hall–Kier alpha value is -3.69. The number of fused-ring (bicyclic) bond motifs is 4. The number of benzene rings is 2. The molecule has 9 heteroatoms. The molecule has 3 N–H and O–H groups in total. The van der Waals surface area contributed by atoms with E-state index in [2.05, 4.69) is 55.2 Å². The van der Waals surface area contributed by atoms with E-state index < -0.39 is 0 Å². The number of nitrogens with zero attached hydrogens (tertiary/aromatic N) is 5. The summed E-state index contributed by atoms with van der Waals surface area (Å²) >= 11 is 0. The Labute approximate surface area is 184 Å². The van der Waals surface area contributed by atoms with E-state index in [9.17, 15) is 0 Å². The second-order valence-electron chi connectivity index (χ2n) is 7.46. The van der Waals surface area contributed by atoms with Gasteiger partial charge in [-0.2, -0.15) is 0 Å². The number of hydrogen-bond acceptors (Lipinski definition) is 7. The summed E-state index contributed by atoms with van der Waals surface area (Å²) in [7, 11) is 1.72. The van der Waals surface area contributed by atoms with E-state index in [-0.39, 0.29) is 0 Å². The van der Waals surface area contributed by atoms with Gasteiger partial charge in [0.25, 0.3) is 0 Å². The van der Waals surface area contributed by atoms with Gasteiger partial charge in [0.15, 0.2) is 11.5 Å². The number of hydrogen-bond donors (Lipinski definition) is 2. The number of rotatable bonds is 9. The van der Waals surface area contributed by atoms with Gasteiger partial charge in [0.05, 0.1) is 25.6 Å². The molecule has 3 aromatic heterocycles. The van der Waals surface area contributed by atoms with Crippen LogP contribution in [0.4, 0.5) is 5.82 Å². The Kier molecular flexibility index (Phi) is 5.57. The van der Waals surface area contributed by atoms with Gasteiger partial charge in [0.1, 0.15) is 24.3 Å². The molecular formula is C23H25N7O2. The van der Waals surface area contributed by atoms with Crippen LogP contribution in [0, 0.1) is 0 Å². The van der Waals surface area contributed by atoms with Crippen LogP contribution < -0.4 is 15.8 Å². The molecular weight excluding hydrogens is 406 g/mol. The second-order valence-corrected chi connectivity index (χ2v) is 7.46. The molecule has 3 heterocycles. The first kappa shape index (κ1) is 20.2. The molecule has 5 aromatic rings. The van der Waals surface area contributed by atoms with Crippen molar-refractivity contribution in [2.75, 3.05) is 32.5 Å². The van der Waals surface area contributed by atoms with Crippen LogP contribution in [0.5, 0.6) is 5.75 Å². The van der Waals surface area contributed by atoms with Gasteiger partial charge in [0.2, 0.25) is 0 Å². The highest BCUT2D eigenvalue weighted by Crippen LogP contribution is 2.34. The smallest absolute Gasteiger partial charge is 0.167 e. The molecule has 2 aromatic carbocycles. The number of ether oxygens (including phenoxy) is 2. The number of imidazole rings is 1. The summed E-state index contributed by atoms with van der Waals surface area (Å²) < 4.78 is 15.6. The van der Waals surface area contributed by atoms with Gasteiger partial charge < -0.3 is 25.1 Å². The fourth-order valence-electron chi connectivity index (χ4n) is 4.09. The fourth-order valence-corrected chi connectivity index (χ4v) is 4.09. The average Bonchev–Trinajstić information content (AvgIpc) is 3.39. The summed E-state index contributed by atoms with van der Waals surface area (Å²) in [5.41, 5.74) is 9.42. The Morgan fingerprint density at radius 1 is 1.00 bits per heavy atom. The van der Waals surface area contributed by atoms with Crippen molar-refractivity contribution in [1.29, 1.82) is 0 Å². The van der Waals surface area contributed by atoms with E-state index in [1.165, 1.54) is 22.6 Å². The second kappa shape index (κ2) is 8.81. The maximum atomic E-state index is 5.82. The number of para-hydroxylation sites is 2. The third-order valence-corrected chi connectivity index (χ3v) is 5.57. The molecule has 5 rings (SSSR count). The van der Waals surface area contributed by atoms with E-state index in [4.69, 9.17) is 15.2 Å². The van der Waals surface area contributed by atoms with Crippen molar-refractivity contribution in [3.05, 3.63) is 55.1 Å². The molecule has 9 nitrogen and oxygen atoms in total. The number of nitrogens with two attached hydrogens (primary N) is 1. The fraction of sp³-hybridized carbons (Fsp3) is 0.261. The Morgan fingerprint density at radius 3 is 2.78 bits per heavy atom. The number of methoxy groups -OCH3 is 1.